The number of anilines is 2. The highest BCUT2D eigenvalue weighted by molar-refractivity contribution is 6.34. The highest BCUT2D eigenvalue weighted by Gasteiger charge is 2.39. The first kappa shape index (κ1) is 39.8. The number of piperazine rings is 1. The molecular formula is C42H37ClF3N9O6. The van der Waals surface area contributed by atoms with Gasteiger partial charge in [0.2, 0.25) is 18.5 Å². The summed E-state index contributed by atoms with van der Waals surface area (Å²) in [6.45, 7) is 4.30. The van der Waals surface area contributed by atoms with E-state index >= 15 is 0 Å². The molecule has 0 atom stereocenters. The number of ether oxygens (including phenoxy) is 3. The highest BCUT2D eigenvalue weighted by atomic mass is 35.5. The first-order valence-corrected chi connectivity index (χ1v) is 19.9. The van der Waals surface area contributed by atoms with Crippen LogP contribution in [0.1, 0.15) is 51.1 Å². The molecule has 0 saturated carbocycles. The average molecular weight is 856 g/mol. The predicted octanol–water partition coefficient (Wildman–Crippen LogP) is 5.90. The van der Waals surface area contributed by atoms with Crippen LogP contribution in [-0.2, 0) is 43.4 Å². The van der Waals surface area contributed by atoms with Gasteiger partial charge < -0.3 is 33.9 Å². The number of carbonyl (C=O) groups excluding carboxylic acids is 2. The first-order valence-electron chi connectivity index (χ1n) is 19.6. The standard InChI is InChI=1S/C42H37ClF3N9O6/c1-3-30-35(52-14-16-53(17-15-52)39(57)34-36(23(2)47-21-48-34)59-20-24-8-5-4-6-9-24)40(58)55-41(50-38(51-55)27-10-7-11-31-37(27)61-22-60-31)54(30)19-32(56)49-33-26-13-12-25(26)28(18-29(33)43)42(44,45)46/h4-11,18,21H,3,12-17,19-20,22H2,1-2H3,(H,49,56). The van der Waals surface area contributed by atoms with Gasteiger partial charge in [-0.25, -0.2) is 9.97 Å². The summed E-state index contributed by atoms with van der Waals surface area (Å²) in [6.07, 6.45) is -2.49. The summed E-state index contributed by atoms with van der Waals surface area (Å²) in [5, 5.41) is 7.14. The minimum Gasteiger partial charge on any atom is -0.485 e. The van der Waals surface area contributed by atoms with Crippen molar-refractivity contribution in [1.29, 1.82) is 0 Å². The van der Waals surface area contributed by atoms with Gasteiger partial charge in [-0.3, -0.25) is 14.4 Å². The Hall–Kier alpha value is -6.69. The van der Waals surface area contributed by atoms with Crippen LogP contribution in [0, 0.1) is 6.92 Å². The van der Waals surface area contributed by atoms with Crippen LogP contribution < -0.4 is 30.0 Å². The van der Waals surface area contributed by atoms with Gasteiger partial charge in [-0.2, -0.15) is 22.7 Å². The number of nitrogens with one attached hydrogen (secondary N) is 1. The van der Waals surface area contributed by atoms with Crippen LogP contribution >= 0.6 is 11.6 Å². The second-order valence-electron chi connectivity index (χ2n) is 14.7. The van der Waals surface area contributed by atoms with Crippen molar-refractivity contribution < 1.29 is 37.0 Å². The molecule has 1 N–H and O–H groups in total. The average Bonchev–Trinajstić information content (AvgIpc) is 3.91. The van der Waals surface area contributed by atoms with E-state index < -0.39 is 29.8 Å². The van der Waals surface area contributed by atoms with Gasteiger partial charge in [0.15, 0.2) is 28.8 Å². The van der Waals surface area contributed by atoms with E-state index in [9.17, 15) is 27.6 Å². The zero-order valence-corrected chi connectivity index (χ0v) is 33.6. The van der Waals surface area contributed by atoms with Gasteiger partial charge in [0.1, 0.15) is 25.2 Å². The third kappa shape index (κ3) is 7.23. The number of rotatable bonds is 10. The quantitative estimate of drug-likeness (QED) is 0.175. The van der Waals surface area contributed by atoms with E-state index in [0.29, 0.717) is 40.4 Å². The Morgan fingerprint density at radius 2 is 1.75 bits per heavy atom. The Bertz CT molecular complexity index is 2790. The van der Waals surface area contributed by atoms with Crippen LogP contribution in [0.5, 0.6) is 17.2 Å². The molecule has 19 heteroatoms. The van der Waals surface area contributed by atoms with E-state index in [2.05, 4.69) is 20.4 Å². The molecule has 0 bridgehead atoms. The maximum absolute atomic E-state index is 14.6. The molecule has 9 rings (SSSR count). The van der Waals surface area contributed by atoms with E-state index in [1.54, 1.807) is 34.6 Å². The SMILES string of the molecule is CCc1c(N2CCN(C(=O)c3ncnc(C)c3OCc3ccccc3)CC2)c(=O)n2nc(-c3cccc4c3OCO4)nc2n1CC(=O)Nc1c(Cl)cc(C(F)(F)F)c2c1CC2. The van der Waals surface area contributed by atoms with Crippen LogP contribution in [0.2, 0.25) is 5.02 Å². The van der Waals surface area contributed by atoms with Crippen LogP contribution in [0.15, 0.2) is 65.7 Å². The lowest BCUT2D eigenvalue weighted by Crippen LogP contribution is -2.51. The van der Waals surface area contributed by atoms with Crippen LogP contribution in [0.25, 0.3) is 17.2 Å². The van der Waals surface area contributed by atoms with Gasteiger partial charge in [-0.1, -0.05) is 54.9 Å². The third-order valence-corrected chi connectivity index (χ3v) is 11.4. The number of amides is 2. The summed E-state index contributed by atoms with van der Waals surface area (Å²) in [5.74, 6) is 0.391. The van der Waals surface area contributed by atoms with Gasteiger partial charge in [0, 0.05) is 26.2 Å². The summed E-state index contributed by atoms with van der Waals surface area (Å²) >= 11 is 6.38. The molecule has 0 radical (unpaired) electrons. The smallest absolute Gasteiger partial charge is 0.416 e. The van der Waals surface area contributed by atoms with Crippen molar-refractivity contribution in [3.63, 3.8) is 0 Å². The molecule has 3 aromatic heterocycles. The molecule has 1 fully saturated rings. The number of aryl methyl sites for hydroxylation is 1. The lowest BCUT2D eigenvalue weighted by Gasteiger charge is -2.36. The van der Waals surface area contributed by atoms with E-state index in [1.807, 2.05) is 42.2 Å². The van der Waals surface area contributed by atoms with Crippen molar-refractivity contribution in [3.8, 4) is 28.6 Å². The summed E-state index contributed by atoms with van der Waals surface area (Å²) in [7, 11) is 0. The molecule has 5 heterocycles. The van der Waals surface area contributed by atoms with Gasteiger partial charge >= 0.3 is 6.18 Å². The van der Waals surface area contributed by atoms with Crippen LogP contribution in [0.3, 0.4) is 0 Å². The van der Waals surface area contributed by atoms with E-state index in [1.165, 1.54) is 6.33 Å². The molecule has 3 aliphatic rings. The molecule has 61 heavy (non-hydrogen) atoms. The topological polar surface area (TPSA) is 158 Å². The number of carbonyl (C=O) groups is 2. The molecule has 0 unspecified atom stereocenters. The summed E-state index contributed by atoms with van der Waals surface area (Å²) < 4.78 is 61.4. The van der Waals surface area contributed by atoms with Crippen molar-refractivity contribution in [2.45, 2.75) is 52.4 Å². The monoisotopic (exact) mass is 855 g/mol. The molecule has 2 aliphatic heterocycles. The predicted molar refractivity (Wildman–Crippen MR) is 216 cm³/mol. The fourth-order valence-electron chi connectivity index (χ4n) is 8.04. The maximum Gasteiger partial charge on any atom is 0.416 e. The van der Waals surface area contributed by atoms with E-state index in [-0.39, 0.29) is 103 Å². The Labute approximate surface area is 350 Å². The molecule has 15 nitrogen and oxygen atoms in total. The Morgan fingerprint density at radius 3 is 2.48 bits per heavy atom. The fraction of sp³-hybridized carbons (Fsp3) is 0.310. The molecule has 314 valence electrons. The Balaban J connectivity index is 1.04. The third-order valence-electron chi connectivity index (χ3n) is 11.1. The largest absolute Gasteiger partial charge is 0.485 e. The zero-order chi connectivity index (χ0) is 42.6. The highest BCUT2D eigenvalue weighted by Crippen LogP contribution is 2.45. The minimum absolute atomic E-state index is 0.0135. The van der Waals surface area contributed by atoms with E-state index in [4.69, 9.17) is 30.8 Å². The van der Waals surface area contributed by atoms with Crippen molar-refractivity contribution in [3.05, 3.63) is 116 Å². The molecule has 0 spiro atoms. The molecule has 2 amide bonds. The Morgan fingerprint density at radius 1 is 0.984 bits per heavy atom. The molecule has 1 aliphatic carbocycles. The van der Waals surface area contributed by atoms with Gasteiger partial charge in [-0.05, 0) is 61.1 Å². The van der Waals surface area contributed by atoms with Crippen LogP contribution in [-0.4, -0.2) is 78.8 Å². The summed E-state index contributed by atoms with van der Waals surface area (Å²) in [5.41, 5.74) is 1.95. The number of halogens is 4. The second kappa shape index (κ2) is 15.7. The number of nitrogens with zero attached hydrogens (tertiary/aromatic N) is 8. The number of fused-ring (bicyclic) bond motifs is 3. The zero-order valence-electron chi connectivity index (χ0n) is 32.9. The van der Waals surface area contributed by atoms with Crippen molar-refractivity contribution >= 4 is 40.6 Å². The number of benzene rings is 3. The number of hydrogen-bond donors (Lipinski definition) is 1. The van der Waals surface area contributed by atoms with Crippen LogP contribution in [0.4, 0.5) is 24.5 Å². The molecule has 6 aromatic rings. The molecular weight excluding hydrogens is 819 g/mol. The normalized spacial score (nSPS) is 14.5. The van der Waals surface area contributed by atoms with Gasteiger partial charge in [-0.15, -0.1) is 5.10 Å². The van der Waals surface area contributed by atoms with E-state index in [0.717, 1.165) is 16.1 Å². The lowest BCUT2D eigenvalue weighted by molar-refractivity contribution is -0.138. The number of hydrogen-bond acceptors (Lipinski definition) is 11. The Kier molecular flexibility index (Phi) is 10.2. The van der Waals surface area contributed by atoms with Crippen molar-refractivity contribution in [2.75, 3.05) is 43.2 Å². The second-order valence-corrected chi connectivity index (χ2v) is 15.1. The lowest BCUT2D eigenvalue weighted by atomic mass is 9.83. The number of alkyl halides is 3. The minimum atomic E-state index is -4.60. The summed E-state index contributed by atoms with van der Waals surface area (Å²) in [4.78, 5) is 59.4. The number of aromatic nitrogens is 6. The molecule has 1 saturated heterocycles. The van der Waals surface area contributed by atoms with Crippen molar-refractivity contribution in [2.24, 2.45) is 0 Å². The fourth-order valence-corrected chi connectivity index (χ4v) is 8.31. The van der Waals surface area contributed by atoms with Crippen molar-refractivity contribution in [1.82, 2.24) is 34.0 Å². The summed E-state index contributed by atoms with van der Waals surface area (Å²) in [6, 6.07) is 15.6. The maximum atomic E-state index is 14.6. The first-order chi connectivity index (χ1) is 29.4. The number of para-hydroxylation sites is 1. The van der Waals surface area contributed by atoms with Gasteiger partial charge in [0.25, 0.3) is 11.5 Å². The molecule has 3 aromatic carbocycles. The van der Waals surface area contributed by atoms with Gasteiger partial charge in [0.05, 0.1) is 33.2 Å².